The molecule has 0 aromatic carbocycles. The standard InChI is InChI=1S/C10H19F2NO/c1-2-7-13-8-3-5-10(14,6-4-8)9(11)12/h8-9,13-14H,2-7H2,1H3. The fraction of sp³-hybridized carbons (Fsp3) is 1.00. The Morgan fingerprint density at radius 3 is 2.43 bits per heavy atom. The molecule has 1 saturated carbocycles. The third kappa shape index (κ3) is 2.89. The fourth-order valence-electron chi connectivity index (χ4n) is 1.89. The first-order valence-electron chi connectivity index (χ1n) is 5.32. The topological polar surface area (TPSA) is 32.3 Å². The summed E-state index contributed by atoms with van der Waals surface area (Å²) in [5, 5.41) is 12.8. The zero-order valence-electron chi connectivity index (χ0n) is 8.60. The van der Waals surface area contributed by atoms with Crippen molar-refractivity contribution in [3.63, 3.8) is 0 Å². The van der Waals surface area contributed by atoms with E-state index in [1.54, 1.807) is 0 Å². The Labute approximate surface area is 83.7 Å². The molecule has 0 unspecified atom stereocenters. The summed E-state index contributed by atoms with van der Waals surface area (Å²) in [4.78, 5) is 0. The van der Waals surface area contributed by atoms with Crippen LogP contribution in [0.25, 0.3) is 0 Å². The van der Waals surface area contributed by atoms with Crippen molar-refractivity contribution in [2.45, 2.75) is 57.1 Å². The second-order valence-corrected chi connectivity index (χ2v) is 4.13. The van der Waals surface area contributed by atoms with Crippen LogP contribution in [-0.4, -0.2) is 29.7 Å². The average molecular weight is 207 g/mol. The summed E-state index contributed by atoms with van der Waals surface area (Å²) in [6.45, 7) is 3.00. The third-order valence-corrected chi connectivity index (χ3v) is 2.94. The Hall–Kier alpha value is -0.220. The van der Waals surface area contributed by atoms with Gasteiger partial charge in [0.05, 0.1) is 0 Å². The van der Waals surface area contributed by atoms with E-state index in [0.717, 1.165) is 13.0 Å². The van der Waals surface area contributed by atoms with Crippen molar-refractivity contribution in [1.82, 2.24) is 5.32 Å². The molecule has 0 atom stereocenters. The molecule has 0 bridgehead atoms. The molecule has 84 valence electrons. The maximum atomic E-state index is 12.4. The van der Waals surface area contributed by atoms with Crippen LogP contribution in [-0.2, 0) is 0 Å². The van der Waals surface area contributed by atoms with Crippen molar-refractivity contribution in [1.29, 1.82) is 0 Å². The van der Waals surface area contributed by atoms with Crippen LogP contribution in [0, 0.1) is 0 Å². The minimum atomic E-state index is -2.60. The maximum Gasteiger partial charge on any atom is 0.266 e. The summed E-state index contributed by atoms with van der Waals surface area (Å²) in [6.07, 6.45) is 0.185. The second kappa shape index (κ2) is 5.03. The van der Waals surface area contributed by atoms with E-state index < -0.39 is 12.0 Å². The first kappa shape index (κ1) is 11.9. The molecule has 2 N–H and O–H groups in total. The number of nitrogens with one attached hydrogen (secondary N) is 1. The predicted octanol–water partition coefficient (Wildman–Crippen LogP) is 1.92. The highest BCUT2D eigenvalue weighted by atomic mass is 19.3. The lowest BCUT2D eigenvalue weighted by molar-refractivity contribution is -0.119. The Kier molecular flexibility index (Phi) is 4.26. The second-order valence-electron chi connectivity index (χ2n) is 4.13. The van der Waals surface area contributed by atoms with Gasteiger partial charge in [-0.15, -0.1) is 0 Å². The predicted molar refractivity (Wildman–Crippen MR) is 51.5 cm³/mol. The van der Waals surface area contributed by atoms with Gasteiger partial charge in [-0.3, -0.25) is 0 Å². The molecule has 2 nitrogen and oxygen atoms in total. The van der Waals surface area contributed by atoms with Gasteiger partial charge in [-0.1, -0.05) is 6.92 Å². The molecular weight excluding hydrogens is 188 g/mol. The molecule has 0 saturated heterocycles. The lowest BCUT2D eigenvalue weighted by Gasteiger charge is -2.35. The van der Waals surface area contributed by atoms with E-state index in [9.17, 15) is 13.9 Å². The Morgan fingerprint density at radius 1 is 1.43 bits per heavy atom. The summed E-state index contributed by atoms with van der Waals surface area (Å²) < 4.78 is 24.8. The summed E-state index contributed by atoms with van der Waals surface area (Å²) in [5.41, 5.74) is -1.72. The number of hydrogen-bond donors (Lipinski definition) is 2. The van der Waals surface area contributed by atoms with Crippen LogP contribution in [0.3, 0.4) is 0 Å². The zero-order chi connectivity index (χ0) is 10.6. The van der Waals surface area contributed by atoms with Gasteiger partial charge in [-0.05, 0) is 38.6 Å². The van der Waals surface area contributed by atoms with Crippen molar-refractivity contribution >= 4 is 0 Å². The first-order valence-corrected chi connectivity index (χ1v) is 5.32. The molecular formula is C10H19F2NO. The van der Waals surface area contributed by atoms with Gasteiger partial charge in [-0.25, -0.2) is 8.78 Å². The molecule has 1 aliphatic rings. The van der Waals surface area contributed by atoms with Gasteiger partial charge in [0.1, 0.15) is 5.60 Å². The van der Waals surface area contributed by atoms with Crippen LogP contribution < -0.4 is 5.32 Å². The van der Waals surface area contributed by atoms with Crippen molar-refractivity contribution in [2.24, 2.45) is 0 Å². The quantitative estimate of drug-likeness (QED) is 0.738. The van der Waals surface area contributed by atoms with E-state index in [2.05, 4.69) is 12.2 Å². The zero-order valence-corrected chi connectivity index (χ0v) is 8.60. The van der Waals surface area contributed by atoms with E-state index in [1.807, 2.05) is 0 Å². The maximum absolute atomic E-state index is 12.4. The largest absolute Gasteiger partial charge is 0.384 e. The van der Waals surface area contributed by atoms with Crippen LogP contribution in [0.15, 0.2) is 0 Å². The summed E-state index contributed by atoms with van der Waals surface area (Å²) in [7, 11) is 0. The lowest BCUT2D eigenvalue weighted by Crippen LogP contribution is -2.45. The molecule has 0 amide bonds. The highest BCUT2D eigenvalue weighted by Crippen LogP contribution is 2.33. The number of rotatable bonds is 4. The van der Waals surface area contributed by atoms with Crippen LogP contribution in [0.4, 0.5) is 8.78 Å². The normalized spacial score (nSPS) is 33.6. The number of alkyl halides is 2. The number of halogens is 2. The van der Waals surface area contributed by atoms with Crippen LogP contribution in [0.2, 0.25) is 0 Å². The monoisotopic (exact) mass is 207 g/mol. The van der Waals surface area contributed by atoms with Crippen LogP contribution >= 0.6 is 0 Å². The van der Waals surface area contributed by atoms with Crippen molar-refractivity contribution in [2.75, 3.05) is 6.54 Å². The lowest BCUT2D eigenvalue weighted by atomic mass is 9.82. The highest BCUT2D eigenvalue weighted by molar-refractivity contribution is 4.89. The van der Waals surface area contributed by atoms with E-state index in [4.69, 9.17) is 0 Å². The summed E-state index contributed by atoms with van der Waals surface area (Å²) in [5.74, 6) is 0. The van der Waals surface area contributed by atoms with Crippen molar-refractivity contribution < 1.29 is 13.9 Å². The molecule has 14 heavy (non-hydrogen) atoms. The van der Waals surface area contributed by atoms with E-state index in [1.165, 1.54) is 0 Å². The molecule has 1 aliphatic carbocycles. The van der Waals surface area contributed by atoms with Crippen molar-refractivity contribution in [3.8, 4) is 0 Å². The van der Waals surface area contributed by atoms with Gasteiger partial charge in [-0.2, -0.15) is 0 Å². The highest BCUT2D eigenvalue weighted by Gasteiger charge is 2.40. The Bertz CT molecular complexity index is 168. The van der Waals surface area contributed by atoms with Gasteiger partial charge < -0.3 is 10.4 Å². The molecule has 0 radical (unpaired) electrons. The molecule has 1 rings (SSSR count). The summed E-state index contributed by atoms with van der Waals surface area (Å²) >= 11 is 0. The molecule has 0 aliphatic heterocycles. The van der Waals surface area contributed by atoms with Crippen molar-refractivity contribution in [3.05, 3.63) is 0 Å². The Balaban J connectivity index is 2.30. The number of hydrogen-bond acceptors (Lipinski definition) is 2. The SMILES string of the molecule is CCCNC1CCC(O)(C(F)F)CC1. The number of aliphatic hydroxyl groups is 1. The molecule has 0 spiro atoms. The van der Waals surface area contributed by atoms with E-state index >= 15 is 0 Å². The van der Waals surface area contributed by atoms with E-state index in [-0.39, 0.29) is 12.8 Å². The third-order valence-electron chi connectivity index (χ3n) is 2.94. The van der Waals surface area contributed by atoms with Gasteiger partial charge in [0.25, 0.3) is 6.43 Å². The van der Waals surface area contributed by atoms with E-state index in [0.29, 0.717) is 18.9 Å². The van der Waals surface area contributed by atoms with Gasteiger partial charge in [0.15, 0.2) is 0 Å². The van der Waals surface area contributed by atoms with Gasteiger partial charge in [0.2, 0.25) is 0 Å². The average Bonchev–Trinajstić information content (AvgIpc) is 2.17. The minimum absolute atomic E-state index is 0.214. The Morgan fingerprint density at radius 2 is 2.00 bits per heavy atom. The van der Waals surface area contributed by atoms with Gasteiger partial charge in [0, 0.05) is 6.04 Å². The van der Waals surface area contributed by atoms with Gasteiger partial charge >= 0.3 is 0 Å². The molecule has 0 aromatic rings. The molecule has 1 fully saturated rings. The molecule has 0 aromatic heterocycles. The van der Waals surface area contributed by atoms with Crippen LogP contribution in [0.1, 0.15) is 39.0 Å². The smallest absolute Gasteiger partial charge is 0.266 e. The molecule has 4 heteroatoms. The summed E-state index contributed by atoms with van der Waals surface area (Å²) in [6, 6.07) is 0.314. The molecule has 0 heterocycles. The first-order chi connectivity index (χ1) is 6.58. The minimum Gasteiger partial charge on any atom is -0.384 e. The van der Waals surface area contributed by atoms with Crippen LogP contribution in [0.5, 0.6) is 0 Å². The fourth-order valence-corrected chi connectivity index (χ4v) is 1.89.